The molecule has 0 radical (unpaired) electrons. The van der Waals surface area contributed by atoms with E-state index in [1.165, 1.54) is 4.90 Å². The fourth-order valence-corrected chi connectivity index (χ4v) is 4.62. The Morgan fingerprint density at radius 2 is 1.91 bits per heavy atom. The van der Waals surface area contributed by atoms with Gasteiger partial charge in [-0.3, -0.25) is 19.5 Å². The van der Waals surface area contributed by atoms with Gasteiger partial charge in [0.1, 0.15) is 23.7 Å². The molecule has 1 aromatic heterocycles. The molecular formula is C27H24N2O4. The summed E-state index contributed by atoms with van der Waals surface area (Å²) < 4.78 is 5.76. The average molecular weight is 440 g/mol. The van der Waals surface area contributed by atoms with E-state index in [1.54, 1.807) is 36.5 Å². The first-order chi connectivity index (χ1) is 15.9. The van der Waals surface area contributed by atoms with Crippen molar-refractivity contribution >= 4 is 23.1 Å². The Balaban J connectivity index is 1.71. The number of fused-ring (bicyclic) bond motifs is 1. The molecule has 2 unspecified atom stereocenters. The number of pyridine rings is 1. The lowest BCUT2D eigenvalue weighted by Gasteiger charge is -2.26. The molecule has 2 aliphatic heterocycles. The van der Waals surface area contributed by atoms with Crippen molar-refractivity contribution in [1.82, 2.24) is 4.98 Å². The number of anilines is 1. The number of amides is 1. The Labute approximate surface area is 192 Å². The molecule has 2 aromatic carbocycles. The van der Waals surface area contributed by atoms with Crippen LogP contribution in [0.2, 0.25) is 0 Å². The van der Waals surface area contributed by atoms with Crippen LogP contribution in [-0.2, 0) is 16.0 Å². The highest BCUT2D eigenvalue weighted by atomic mass is 16.5. The number of Topliss-reactive ketones (excluding diaryl/α,β-unsaturated/α-hetero) is 1. The maximum Gasteiger partial charge on any atom is 0.300 e. The van der Waals surface area contributed by atoms with Gasteiger partial charge in [0.25, 0.3) is 11.7 Å². The molecule has 0 spiro atoms. The number of aromatic nitrogens is 1. The largest absolute Gasteiger partial charge is 0.507 e. The van der Waals surface area contributed by atoms with Crippen LogP contribution in [0.1, 0.15) is 40.9 Å². The highest BCUT2D eigenvalue weighted by Crippen LogP contribution is 2.43. The molecular weight excluding hydrogens is 416 g/mol. The summed E-state index contributed by atoms with van der Waals surface area (Å²) in [5.74, 6) is -0.844. The molecule has 3 heterocycles. The molecule has 1 amide bonds. The lowest BCUT2D eigenvalue weighted by Crippen LogP contribution is -2.30. The third kappa shape index (κ3) is 3.39. The van der Waals surface area contributed by atoms with Gasteiger partial charge in [-0.2, -0.15) is 0 Å². The van der Waals surface area contributed by atoms with E-state index in [0.717, 1.165) is 28.9 Å². The molecule has 0 bridgehead atoms. The number of rotatable bonds is 3. The highest BCUT2D eigenvalue weighted by molar-refractivity contribution is 6.51. The summed E-state index contributed by atoms with van der Waals surface area (Å²) in [5.41, 5.74) is 4.51. The van der Waals surface area contributed by atoms with E-state index in [-0.39, 0.29) is 17.4 Å². The zero-order chi connectivity index (χ0) is 23.3. The number of carbonyl (C=O) groups excluding carboxylic acids is 2. The fourth-order valence-electron chi connectivity index (χ4n) is 4.62. The Hall–Kier alpha value is -3.93. The van der Waals surface area contributed by atoms with Crippen LogP contribution >= 0.6 is 0 Å². The van der Waals surface area contributed by atoms with Crippen LogP contribution in [0, 0.1) is 13.8 Å². The van der Waals surface area contributed by atoms with E-state index in [4.69, 9.17) is 4.74 Å². The summed E-state index contributed by atoms with van der Waals surface area (Å²) in [7, 11) is 0. The van der Waals surface area contributed by atoms with E-state index in [9.17, 15) is 14.7 Å². The minimum atomic E-state index is -0.838. The molecule has 5 rings (SSSR count). The summed E-state index contributed by atoms with van der Waals surface area (Å²) >= 11 is 0. The molecule has 6 heteroatoms. The molecule has 6 nitrogen and oxygen atoms in total. The van der Waals surface area contributed by atoms with Crippen molar-refractivity contribution < 1.29 is 19.4 Å². The van der Waals surface area contributed by atoms with E-state index in [0.29, 0.717) is 16.9 Å². The van der Waals surface area contributed by atoms with Gasteiger partial charge >= 0.3 is 0 Å². The third-order valence-electron chi connectivity index (χ3n) is 6.42. The molecule has 1 saturated heterocycles. The van der Waals surface area contributed by atoms with Crippen LogP contribution in [0.5, 0.6) is 5.75 Å². The van der Waals surface area contributed by atoms with Crippen LogP contribution in [0.3, 0.4) is 0 Å². The Kier molecular flexibility index (Phi) is 5.01. The van der Waals surface area contributed by atoms with Crippen molar-refractivity contribution in [3.8, 4) is 5.75 Å². The lowest BCUT2D eigenvalue weighted by atomic mass is 9.96. The van der Waals surface area contributed by atoms with E-state index < -0.39 is 17.7 Å². The predicted molar refractivity (Wildman–Crippen MR) is 125 cm³/mol. The summed E-state index contributed by atoms with van der Waals surface area (Å²) in [4.78, 5) is 32.5. The summed E-state index contributed by atoms with van der Waals surface area (Å²) in [6.45, 7) is 5.86. The van der Waals surface area contributed by atoms with Crippen LogP contribution in [0.4, 0.5) is 5.69 Å². The molecule has 33 heavy (non-hydrogen) atoms. The molecule has 2 aliphatic rings. The SMILES string of the molecule is Cc1cccc(N2C(=O)C(=O)/C(=C(\O)c3ccc4c(c3)CC(C)O4)C2c2ccccn2)c1C. The first kappa shape index (κ1) is 20.9. The smallest absolute Gasteiger partial charge is 0.300 e. The predicted octanol–water partition coefficient (Wildman–Crippen LogP) is 4.65. The van der Waals surface area contributed by atoms with Gasteiger partial charge < -0.3 is 9.84 Å². The molecule has 1 N–H and O–H groups in total. The van der Waals surface area contributed by atoms with Gasteiger partial charge in [-0.15, -0.1) is 0 Å². The van der Waals surface area contributed by atoms with Gasteiger partial charge in [0.15, 0.2) is 0 Å². The number of carbonyl (C=O) groups is 2. The number of ether oxygens (including phenoxy) is 1. The van der Waals surface area contributed by atoms with Crippen molar-refractivity contribution in [1.29, 1.82) is 0 Å². The number of ketones is 1. The number of aliphatic hydroxyl groups is 1. The number of aryl methyl sites for hydroxylation is 1. The van der Waals surface area contributed by atoms with E-state index in [1.807, 2.05) is 45.0 Å². The number of aliphatic hydroxyl groups excluding tert-OH is 1. The average Bonchev–Trinajstić information content (AvgIpc) is 3.31. The second-order valence-electron chi connectivity index (χ2n) is 8.60. The van der Waals surface area contributed by atoms with Crippen molar-refractivity contribution in [2.24, 2.45) is 0 Å². The Bertz CT molecular complexity index is 1310. The normalized spacial score (nSPS) is 21.2. The van der Waals surface area contributed by atoms with Crippen molar-refractivity contribution in [3.05, 3.63) is 94.3 Å². The first-order valence-corrected chi connectivity index (χ1v) is 10.9. The molecule has 1 fully saturated rings. The zero-order valence-electron chi connectivity index (χ0n) is 18.7. The molecule has 166 valence electrons. The standard InChI is InChI=1S/C27H24N2O4/c1-15-7-6-9-21(17(15)3)29-24(20-8-4-5-12-28-20)23(26(31)27(29)32)25(30)18-10-11-22-19(14-18)13-16(2)33-22/h4-12,14,16,24,30H,13H2,1-3H3/b25-23-. The Morgan fingerprint density at radius 3 is 2.67 bits per heavy atom. The molecule has 3 aromatic rings. The maximum absolute atomic E-state index is 13.3. The second kappa shape index (κ2) is 7.89. The van der Waals surface area contributed by atoms with Gasteiger partial charge in [0.05, 0.1) is 11.3 Å². The number of hydrogen-bond donors (Lipinski definition) is 1. The van der Waals surface area contributed by atoms with Crippen molar-refractivity contribution in [2.75, 3.05) is 4.90 Å². The van der Waals surface area contributed by atoms with Gasteiger partial charge in [0, 0.05) is 23.9 Å². The van der Waals surface area contributed by atoms with E-state index in [2.05, 4.69) is 4.98 Å². The van der Waals surface area contributed by atoms with Gasteiger partial charge in [0.2, 0.25) is 0 Å². The molecule has 0 aliphatic carbocycles. The minimum absolute atomic E-state index is 0.0338. The van der Waals surface area contributed by atoms with Gasteiger partial charge in [-0.05, 0) is 73.9 Å². The van der Waals surface area contributed by atoms with Crippen LogP contribution in [-0.4, -0.2) is 27.9 Å². The molecule has 2 atom stereocenters. The number of nitrogens with zero attached hydrogens (tertiary/aromatic N) is 2. The van der Waals surface area contributed by atoms with Gasteiger partial charge in [-0.1, -0.05) is 18.2 Å². The monoisotopic (exact) mass is 440 g/mol. The Morgan fingerprint density at radius 1 is 1.09 bits per heavy atom. The highest BCUT2D eigenvalue weighted by Gasteiger charge is 2.48. The first-order valence-electron chi connectivity index (χ1n) is 10.9. The second-order valence-corrected chi connectivity index (χ2v) is 8.60. The number of benzene rings is 2. The summed E-state index contributed by atoms with van der Waals surface area (Å²) in [6, 6.07) is 15.5. The maximum atomic E-state index is 13.3. The van der Waals surface area contributed by atoms with Crippen LogP contribution in [0.15, 0.2) is 66.4 Å². The number of hydrogen-bond acceptors (Lipinski definition) is 5. The summed E-state index contributed by atoms with van der Waals surface area (Å²) in [6.07, 6.45) is 2.39. The summed E-state index contributed by atoms with van der Waals surface area (Å²) in [5, 5.41) is 11.3. The third-order valence-corrected chi connectivity index (χ3v) is 6.42. The fraction of sp³-hybridized carbons (Fsp3) is 0.222. The van der Waals surface area contributed by atoms with Crippen molar-refractivity contribution in [2.45, 2.75) is 39.3 Å². The van der Waals surface area contributed by atoms with E-state index >= 15 is 0 Å². The zero-order valence-corrected chi connectivity index (χ0v) is 18.7. The quantitative estimate of drug-likeness (QED) is 0.364. The van der Waals surface area contributed by atoms with Crippen LogP contribution in [0.25, 0.3) is 5.76 Å². The lowest BCUT2D eigenvalue weighted by molar-refractivity contribution is -0.132. The topological polar surface area (TPSA) is 79.7 Å². The van der Waals surface area contributed by atoms with Gasteiger partial charge in [-0.25, -0.2) is 0 Å². The van der Waals surface area contributed by atoms with Crippen LogP contribution < -0.4 is 9.64 Å². The molecule has 0 saturated carbocycles. The minimum Gasteiger partial charge on any atom is -0.507 e. The van der Waals surface area contributed by atoms with Crippen molar-refractivity contribution in [3.63, 3.8) is 0 Å².